The van der Waals surface area contributed by atoms with Crippen LogP contribution < -0.4 is 10.6 Å². The number of nitrogens with zero attached hydrogens (tertiary/aromatic N) is 2. The lowest BCUT2D eigenvalue weighted by Crippen LogP contribution is -2.25. The van der Waals surface area contributed by atoms with Crippen molar-refractivity contribution in [2.75, 3.05) is 30.9 Å². The van der Waals surface area contributed by atoms with E-state index in [1.54, 1.807) is 7.11 Å². The quantitative estimate of drug-likeness (QED) is 0.744. The summed E-state index contributed by atoms with van der Waals surface area (Å²) in [5.74, 6) is 2.48. The molecule has 0 amide bonds. The van der Waals surface area contributed by atoms with E-state index in [4.69, 9.17) is 4.74 Å². The first-order valence-corrected chi connectivity index (χ1v) is 6.54. The van der Waals surface area contributed by atoms with Crippen LogP contribution >= 0.6 is 0 Å². The predicted molar refractivity (Wildman–Crippen MR) is 75.1 cm³/mol. The Bertz CT molecular complexity index is 351. The molecule has 1 aromatic heterocycles. The normalized spacial score (nSPS) is 12.2. The van der Waals surface area contributed by atoms with Crippen LogP contribution in [-0.4, -0.2) is 36.3 Å². The maximum atomic E-state index is 5.22. The molecule has 0 saturated carbocycles. The summed E-state index contributed by atoms with van der Waals surface area (Å²) in [5.41, 5.74) is 0. The number of ether oxygens (including phenoxy) is 1. The van der Waals surface area contributed by atoms with Crippen LogP contribution in [-0.2, 0) is 4.74 Å². The van der Waals surface area contributed by atoms with Crippen molar-refractivity contribution < 1.29 is 4.74 Å². The Balaban J connectivity index is 2.74. The molecule has 0 aliphatic rings. The molecule has 18 heavy (non-hydrogen) atoms. The maximum absolute atomic E-state index is 5.22. The topological polar surface area (TPSA) is 59.1 Å². The largest absolute Gasteiger partial charge is 0.383 e. The van der Waals surface area contributed by atoms with Crippen molar-refractivity contribution in [3.8, 4) is 0 Å². The molecule has 0 spiro atoms. The first-order chi connectivity index (χ1) is 8.69. The molecule has 1 unspecified atom stereocenters. The highest BCUT2D eigenvalue weighted by Crippen LogP contribution is 2.13. The molecular weight excluding hydrogens is 228 g/mol. The average molecular weight is 252 g/mol. The van der Waals surface area contributed by atoms with E-state index in [9.17, 15) is 0 Å². The van der Waals surface area contributed by atoms with Gasteiger partial charge in [0, 0.05) is 19.7 Å². The van der Waals surface area contributed by atoms with Gasteiger partial charge in [-0.15, -0.1) is 0 Å². The van der Waals surface area contributed by atoms with Gasteiger partial charge in [-0.2, -0.15) is 0 Å². The zero-order chi connectivity index (χ0) is 13.4. The molecule has 5 heteroatoms. The smallest absolute Gasteiger partial charge is 0.132 e. The van der Waals surface area contributed by atoms with Gasteiger partial charge in [0.15, 0.2) is 0 Å². The first kappa shape index (κ1) is 14.7. The summed E-state index contributed by atoms with van der Waals surface area (Å²) in [4.78, 5) is 8.73. The molecular formula is C13H24N4O. The van der Waals surface area contributed by atoms with Crippen molar-refractivity contribution in [2.45, 2.75) is 39.7 Å². The summed E-state index contributed by atoms with van der Waals surface area (Å²) in [6.45, 7) is 7.66. The molecule has 0 aromatic carbocycles. The molecule has 1 rings (SSSR count). The fourth-order valence-electron chi connectivity index (χ4n) is 1.87. The van der Waals surface area contributed by atoms with Gasteiger partial charge in [0.05, 0.1) is 12.6 Å². The van der Waals surface area contributed by atoms with Gasteiger partial charge in [0.2, 0.25) is 0 Å². The molecule has 1 atom stereocenters. The number of nitrogens with one attached hydrogen (secondary N) is 2. The Morgan fingerprint density at radius 1 is 1.28 bits per heavy atom. The first-order valence-electron chi connectivity index (χ1n) is 6.54. The van der Waals surface area contributed by atoms with Crippen LogP contribution in [0, 0.1) is 6.92 Å². The minimum absolute atomic E-state index is 0.295. The molecule has 1 heterocycles. The number of methoxy groups -OCH3 is 1. The summed E-state index contributed by atoms with van der Waals surface area (Å²) in [6, 6.07) is 2.23. The fraction of sp³-hybridized carbons (Fsp3) is 0.692. The summed E-state index contributed by atoms with van der Waals surface area (Å²) < 4.78 is 5.22. The van der Waals surface area contributed by atoms with Crippen molar-refractivity contribution in [1.29, 1.82) is 0 Å². The Morgan fingerprint density at radius 2 is 2.00 bits per heavy atom. The van der Waals surface area contributed by atoms with E-state index in [2.05, 4.69) is 34.4 Å². The van der Waals surface area contributed by atoms with Gasteiger partial charge in [-0.25, -0.2) is 9.97 Å². The van der Waals surface area contributed by atoms with Gasteiger partial charge >= 0.3 is 0 Å². The SMILES string of the molecule is CCCC(COC)Nc1cc(NCC)nc(C)n1. The monoisotopic (exact) mass is 252 g/mol. The van der Waals surface area contributed by atoms with Crippen molar-refractivity contribution in [1.82, 2.24) is 9.97 Å². The molecule has 0 bridgehead atoms. The second-order valence-corrected chi connectivity index (χ2v) is 4.30. The van der Waals surface area contributed by atoms with Crippen LogP contribution in [0.3, 0.4) is 0 Å². The lowest BCUT2D eigenvalue weighted by Gasteiger charge is -2.18. The van der Waals surface area contributed by atoms with Crippen molar-refractivity contribution >= 4 is 11.6 Å². The van der Waals surface area contributed by atoms with Gasteiger partial charge < -0.3 is 15.4 Å². The summed E-state index contributed by atoms with van der Waals surface area (Å²) in [5, 5.41) is 6.61. The van der Waals surface area contributed by atoms with Crippen LogP contribution in [0.2, 0.25) is 0 Å². The van der Waals surface area contributed by atoms with E-state index >= 15 is 0 Å². The van der Waals surface area contributed by atoms with E-state index in [0.29, 0.717) is 12.6 Å². The molecule has 5 nitrogen and oxygen atoms in total. The summed E-state index contributed by atoms with van der Waals surface area (Å²) in [6.07, 6.45) is 2.18. The van der Waals surface area contributed by atoms with Crippen LogP contribution in [0.5, 0.6) is 0 Å². The van der Waals surface area contributed by atoms with Crippen molar-refractivity contribution in [3.05, 3.63) is 11.9 Å². The molecule has 0 fully saturated rings. The lowest BCUT2D eigenvalue weighted by atomic mass is 10.2. The van der Waals surface area contributed by atoms with Crippen LogP contribution in [0.15, 0.2) is 6.07 Å². The highest BCUT2D eigenvalue weighted by Gasteiger charge is 2.09. The summed E-state index contributed by atoms with van der Waals surface area (Å²) >= 11 is 0. The number of hydrogen-bond donors (Lipinski definition) is 2. The zero-order valence-corrected chi connectivity index (χ0v) is 11.8. The van der Waals surface area contributed by atoms with E-state index in [0.717, 1.165) is 36.8 Å². The number of aryl methyl sites for hydroxylation is 1. The third-order valence-corrected chi connectivity index (χ3v) is 2.55. The van der Waals surface area contributed by atoms with Crippen LogP contribution in [0.4, 0.5) is 11.6 Å². The lowest BCUT2D eigenvalue weighted by molar-refractivity contribution is 0.182. The highest BCUT2D eigenvalue weighted by molar-refractivity contribution is 5.47. The van der Waals surface area contributed by atoms with Crippen LogP contribution in [0.1, 0.15) is 32.5 Å². The van der Waals surface area contributed by atoms with E-state index in [1.165, 1.54) is 0 Å². The molecule has 102 valence electrons. The van der Waals surface area contributed by atoms with Gasteiger partial charge in [0.25, 0.3) is 0 Å². The molecule has 0 saturated heterocycles. The van der Waals surface area contributed by atoms with E-state index in [1.807, 2.05) is 13.0 Å². The number of anilines is 2. The molecule has 1 aromatic rings. The van der Waals surface area contributed by atoms with E-state index in [-0.39, 0.29) is 0 Å². The van der Waals surface area contributed by atoms with Crippen molar-refractivity contribution in [2.24, 2.45) is 0 Å². The van der Waals surface area contributed by atoms with E-state index < -0.39 is 0 Å². The molecule has 0 radical (unpaired) electrons. The van der Waals surface area contributed by atoms with Gasteiger partial charge in [0.1, 0.15) is 17.5 Å². The standard InChI is InChI=1S/C13H24N4O/c1-5-7-11(9-18-4)17-13-8-12(14-6-2)15-10(3)16-13/h8,11H,5-7,9H2,1-4H3,(H2,14,15,16,17). The Kier molecular flexibility index (Phi) is 6.43. The Hall–Kier alpha value is -1.36. The number of hydrogen-bond acceptors (Lipinski definition) is 5. The Labute approximate surface area is 109 Å². The number of aromatic nitrogens is 2. The average Bonchev–Trinajstić information content (AvgIpc) is 2.29. The predicted octanol–water partition coefficient (Wildman–Crippen LogP) is 2.44. The molecule has 0 aliphatic heterocycles. The second kappa shape index (κ2) is 7.87. The Morgan fingerprint density at radius 3 is 2.61 bits per heavy atom. The van der Waals surface area contributed by atoms with Gasteiger partial charge in [-0.1, -0.05) is 13.3 Å². The second-order valence-electron chi connectivity index (χ2n) is 4.30. The maximum Gasteiger partial charge on any atom is 0.132 e. The third-order valence-electron chi connectivity index (χ3n) is 2.55. The third kappa shape index (κ3) is 4.87. The van der Waals surface area contributed by atoms with Gasteiger partial charge in [-0.3, -0.25) is 0 Å². The minimum Gasteiger partial charge on any atom is -0.383 e. The highest BCUT2D eigenvalue weighted by atomic mass is 16.5. The summed E-state index contributed by atoms with van der Waals surface area (Å²) in [7, 11) is 1.72. The van der Waals surface area contributed by atoms with Crippen LogP contribution in [0.25, 0.3) is 0 Å². The minimum atomic E-state index is 0.295. The van der Waals surface area contributed by atoms with Crippen molar-refractivity contribution in [3.63, 3.8) is 0 Å². The zero-order valence-electron chi connectivity index (χ0n) is 11.8. The molecule has 0 aliphatic carbocycles. The fourth-order valence-corrected chi connectivity index (χ4v) is 1.87. The van der Waals surface area contributed by atoms with Gasteiger partial charge in [-0.05, 0) is 20.3 Å². The number of rotatable bonds is 8. The molecule has 2 N–H and O–H groups in total.